The molecule has 18 nitrogen and oxygen atoms in total. The highest BCUT2D eigenvalue weighted by molar-refractivity contribution is 5.80. The molecule has 4 fully saturated rings. The second-order valence-corrected chi connectivity index (χ2v) is 12.8. The lowest BCUT2D eigenvalue weighted by Crippen LogP contribution is -2.69. The van der Waals surface area contributed by atoms with Crippen molar-refractivity contribution in [3.05, 3.63) is 0 Å². The van der Waals surface area contributed by atoms with Gasteiger partial charge in [-0.3, -0.25) is 4.79 Å². The van der Waals surface area contributed by atoms with Gasteiger partial charge in [0, 0.05) is 18.6 Å². The lowest BCUT2D eigenvalue weighted by Gasteiger charge is -2.48. The first kappa shape index (κ1) is 36.7. The lowest BCUT2D eigenvalue weighted by atomic mass is 9.81. The Morgan fingerprint density at radius 2 is 1.51 bits per heavy atom. The fraction of sp³-hybridized carbons (Fsp3) is 0.963. The average molecular weight is 652 g/mol. The molecule has 0 aromatic carbocycles. The van der Waals surface area contributed by atoms with E-state index in [1.807, 2.05) is 0 Å². The molecule has 0 aromatic rings. The van der Waals surface area contributed by atoms with Gasteiger partial charge in [-0.1, -0.05) is 0 Å². The molecule has 1 amide bonds. The number of nitrogens with one attached hydrogen (secondary N) is 2. The van der Waals surface area contributed by atoms with Gasteiger partial charge in [-0.05, 0) is 51.1 Å². The fourth-order valence-corrected chi connectivity index (χ4v) is 6.45. The normalized spacial score (nSPS) is 46.3. The molecule has 2 saturated heterocycles. The summed E-state index contributed by atoms with van der Waals surface area (Å²) in [6.07, 6.45) is -11.8. The topological polar surface area (TPSA) is 330 Å². The van der Waals surface area contributed by atoms with Crippen LogP contribution in [0.1, 0.15) is 32.1 Å². The summed E-state index contributed by atoms with van der Waals surface area (Å²) in [5, 5.41) is 68.9. The summed E-state index contributed by atoms with van der Waals surface area (Å²) in [5.41, 5.74) is 30.0. The van der Waals surface area contributed by atoms with Crippen LogP contribution in [0.5, 0.6) is 0 Å². The van der Waals surface area contributed by atoms with Crippen LogP contribution in [0, 0.1) is 5.92 Å². The van der Waals surface area contributed by atoms with Gasteiger partial charge in [0.05, 0.1) is 36.9 Å². The maximum atomic E-state index is 12.7. The zero-order valence-corrected chi connectivity index (χ0v) is 25.3. The van der Waals surface area contributed by atoms with Crippen LogP contribution in [0.25, 0.3) is 0 Å². The van der Waals surface area contributed by atoms with E-state index >= 15 is 0 Å². The van der Waals surface area contributed by atoms with Crippen molar-refractivity contribution in [2.45, 2.75) is 130 Å². The number of aliphatic hydroxyl groups excluding tert-OH is 6. The molecular weight excluding hydrogens is 598 g/mol. The zero-order valence-electron chi connectivity index (χ0n) is 25.3. The highest BCUT2D eigenvalue weighted by Crippen LogP contribution is 2.32. The molecule has 262 valence electrons. The highest BCUT2D eigenvalue weighted by atomic mass is 16.7. The van der Waals surface area contributed by atoms with Gasteiger partial charge in [-0.2, -0.15) is 0 Å². The molecule has 0 spiro atoms. The van der Waals surface area contributed by atoms with E-state index in [-0.39, 0.29) is 31.8 Å². The van der Waals surface area contributed by atoms with Gasteiger partial charge >= 0.3 is 0 Å². The van der Waals surface area contributed by atoms with Gasteiger partial charge in [0.25, 0.3) is 0 Å². The summed E-state index contributed by atoms with van der Waals surface area (Å²) in [6.45, 7) is 0.468. The van der Waals surface area contributed by atoms with Gasteiger partial charge in [-0.15, -0.1) is 0 Å². The van der Waals surface area contributed by atoms with E-state index in [0.29, 0.717) is 12.5 Å². The minimum atomic E-state index is -1.58. The van der Waals surface area contributed by atoms with Crippen LogP contribution in [-0.4, -0.2) is 161 Å². The summed E-state index contributed by atoms with van der Waals surface area (Å²) in [5.74, 6) is -0.321. The van der Waals surface area contributed by atoms with Gasteiger partial charge in [0.2, 0.25) is 5.91 Å². The molecule has 2 aliphatic carbocycles. The summed E-state index contributed by atoms with van der Waals surface area (Å²) in [6, 6.07) is -3.72. The Morgan fingerprint density at radius 3 is 2.16 bits per heavy atom. The van der Waals surface area contributed by atoms with Crippen molar-refractivity contribution in [1.82, 2.24) is 10.6 Å². The van der Waals surface area contributed by atoms with Crippen LogP contribution in [0.2, 0.25) is 0 Å². The largest absolute Gasteiger partial charge is 0.394 e. The third-order valence-corrected chi connectivity index (χ3v) is 9.26. The average Bonchev–Trinajstić information content (AvgIpc) is 2.98. The first-order valence-electron chi connectivity index (χ1n) is 15.7. The molecule has 2 saturated carbocycles. The van der Waals surface area contributed by atoms with Gasteiger partial charge < -0.3 is 88.9 Å². The minimum absolute atomic E-state index is 0.0203. The number of carbonyl (C=O) groups is 1. The number of ether oxygens (including phenoxy) is 4. The van der Waals surface area contributed by atoms with E-state index in [0.717, 1.165) is 19.4 Å². The molecule has 0 aromatic heterocycles. The molecule has 18 heteroatoms. The molecule has 15 atom stereocenters. The molecule has 18 N–H and O–H groups in total. The molecule has 0 radical (unpaired) electrons. The Bertz CT molecular complexity index is 938. The predicted octanol–water partition coefficient (Wildman–Crippen LogP) is -7.06. The van der Waals surface area contributed by atoms with Crippen molar-refractivity contribution in [1.29, 1.82) is 0 Å². The first-order valence-corrected chi connectivity index (χ1v) is 15.7. The van der Waals surface area contributed by atoms with Gasteiger partial charge in [0.1, 0.15) is 42.7 Å². The van der Waals surface area contributed by atoms with E-state index in [4.69, 9.17) is 47.6 Å². The van der Waals surface area contributed by atoms with E-state index < -0.39 is 104 Å². The van der Waals surface area contributed by atoms with E-state index in [2.05, 4.69) is 10.6 Å². The van der Waals surface area contributed by atoms with Crippen molar-refractivity contribution < 1.29 is 54.4 Å². The smallest absolute Gasteiger partial charge is 0.249 e. The van der Waals surface area contributed by atoms with Crippen LogP contribution in [0.4, 0.5) is 0 Å². The Kier molecular flexibility index (Phi) is 13.3. The SMILES string of the molecule is NCCC(O)C(=O)N[C@@H]1C[C@H](N)[C@@H](O[C@H]2O[C@H](CNCC3CC(N)C3)[C@@H](O)C[C@H]2N)[C@H](O)[C@H]1O[C@H]1O[C@H](CO)[C@@H](O)[C@H](N)[C@H]1O. The molecule has 4 aliphatic rings. The first-order chi connectivity index (χ1) is 21.3. The monoisotopic (exact) mass is 651 g/mol. The van der Waals surface area contributed by atoms with E-state index in [9.17, 15) is 35.4 Å². The number of hydrogen-bond donors (Lipinski definition) is 13. The van der Waals surface area contributed by atoms with Crippen LogP contribution in [0.3, 0.4) is 0 Å². The van der Waals surface area contributed by atoms with Crippen LogP contribution in [0.15, 0.2) is 0 Å². The van der Waals surface area contributed by atoms with Crippen LogP contribution < -0.4 is 39.3 Å². The number of carbonyl (C=O) groups excluding carboxylic acids is 1. The highest BCUT2D eigenvalue weighted by Gasteiger charge is 2.51. The van der Waals surface area contributed by atoms with Crippen molar-refractivity contribution in [2.75, 3.05) is 26.2 Å². The maximum Gasteiger partial charge on any atom is 0.249 e. The van der Waals surface area contributed by atoms with E-state index in [1.165, 1.54) is 0 Å². The summed E-state index contributed by atoms with van der Waals surface area (Å²) in [7, 11) is 0. The Hall–Kier alpha value is -1.17. The summed E-state index contributed by atoms with van der Waals surface area (Å²) >= 11 is 0. The third kappa shape index (κ3) is 8.85. The number of amides is 1. The Labute approximate surface area is 261 Å². The molecule has 2 aliphatic heterocycles. The third-order valence-electron chi connectivity index (χ3n) is 9.26. The molecule has 0 bridgehead atoms. The van der Waals surface area contributed by atoms with Crippen LogP contribution in [-0.2, 0) is 23.7 Å². The number of aliphatic hydroxyl groups is 6. The quantitative estimate of drug-likeness (QED) is 0.0879. The molecule has 4 rings (SSSR count). The summed E-state index contributed by atoms with van der Waals surface area (Å²) in [4.78, 5) is 12.7. The van der Waals surface area contributed by atoms with Crippen molar-refractivity contribution >= 4 is 5.91 Å². The predicted molar refractivity (Wildman–Crippen MR) is 157 cm³/mol. The second-order valence-electron chi connectivity index (χ2n) is 12.8. The van der Waals surface area contributed by atoms with Gasteiger partial charge in [-0.25, -0.2) is 0 Å². The molecule has 1 unspecified atom stereocenters. The Morgan fingerprint density at radius 1 is 0.844 bits per heavy atom. The number of rotatable bonds is 13. The lowest BCUT2D eigenvalue weighted by molar-refractivity contribution is -0.316. The second kappa shape index (κ2) is 16.3. The van der Waals surface area contributed by atoms with Crippen molar-refractivity contribution in [3.63, 3.8) is 0 Å². The van der Waals surface area contributed by atoms with Crippen molar-refractivity contribution in [2.24, 2.45) is 34.6 Å². The fourth-order valence-electron chi connectivity index (χ4n) is 6.45. The standard InChI is InChI=1S/C27H53N7O11/c28-2-1-15(36)25(41)34-14-5-12(30)23(22(40)24(14)45-27-21(39)19(32)20(38)18(9-35)43-27)44-26-13(31)6-16(37)17(42-26)8-33-7-10-3-11(29)4-10/h10-24,26-27,33,35-40H,1-9,28-32H2,(H,34,41)/t10?,11?,12-,13+,14+,15?,16-,17+,18+,19-,20+,21+,22-,23+,24-,26+,27+/m0/s1. The number of hydrogen-bond acceptors (Lipinski definition) is 17. The van der Waals surface area contributed by atoms with Gasteiger partial charge in [0.15, 0.2) is 12.6 Å². The maximum absolute atomic E-state index is 12.7. The molecular formula is C27H53N7O11. The summed E-state index contributed by atoms with van der Waals surface area (Å²) < 4.78 is 23.7. The van der Waals surface area contributed by atoms with Crippen molar-refractivity contribution in [3.8, 4) is 0 Å². The minimum Gasteiger partial charge on any atom is -0.394 e. The van der Waals surface area contributed by atoms with Crippen LogP contribution >= 0.6 is 0 Å². The zero-order chi connectivity index (χ0) is 33.0. The number of nitrogens with two attached hydrogens (primary N) is 5. The Balaban J connectivity index is 1.47. The van der Waals surface area contributed by atoms with E-state index in [1.54, 1.807) is 0 Å². The molecule has 45 heavy (non-hydrogen) atoms. The molecule has 2 heterocycles.